The molecule has 0 aliphatic carbocycles. The smallest absolute Gasteiger partial charge is 0.254 e. The van der Waals surface area contributed by atoms with E-state index in [-0.39, 0.29) is 24.7 Å². The van der Waals surface area contributed by atoms with E-state index in [4.69, 9.17) is 9.47 Å². The van der Waals surface area contributed by atoms with Gasteiger partial charge in [0.25, 0.3) is 5.91 Å². The summed E-state index contributed by atoms with van der Waals surface area (Å²) in [6, 6.07) is 13.4. The van der Waals surface area contributed by atoms with Crippen LogP contribution >= 0.6 is 11.3 Å². The molecule has 0 aliphatic rings. The zero-order chi connectivity index (χ0) is 27.7. The molecule has 0 saturated carbocycles. The van der Waals surface area contributed by atoms with Crippen LogP contribution < -0.4 is 14.2 Å². The number of benzene rings is 2. The maximum atomic E-state index is 13.7. The quantitative estimate of drug-likeness (QED) is 0.298. The molecule has 3 rings (SSSR count). The summed E-state index contributed by atoms with van der Waals surface area (Å²) in [5.41, 5.74) is 2.44. The summed E-state index contributed by atoms with van der Waals surface area (Å²) >= 11 is 1.22. The maximum Gasteiger partial charge on any atom is 0.254 e. The second-order valence-corrected chi connectivity index (χ2v) is 11.4. The van der Waals surface area contributed by atoms with Gasteiger partial charge in [-0.1, -0.05) is 37.3 Å². The Morgan fingerprint density at radius 3 is 2.34 bits per heavy atom. The molecule has 3 aromatic rings. The Balaban J connectivity index is 1.83. The van der Waals surface area contributed by atoms with Gasteiger partial charge < -0.3 is 14.4 Å². The van der Waals surface area contributed by atoms with Crippen LogP contribution in [0.5, 0.6) is 11.5 Å². The fourth-order valence-electron chi connectivity index (χ4n) is 3.96. The van der Waals surface area contributed by atoms with Gasteiger partial charge in [-0.2, -0.15) is 0 Å². The Kier molecular flexibility index (Phi) is 10.4. The number of rotatable bonds is 14. The molecule has 9 nitrogen and oxygen atoms in total. The number of methoxy groups -OCH3 is 2. The standard InChI is InChI=1S/C27H33N3O6S2/c1-5-28-38(33,34)18-23(31)22-17-37-26(29-22)16-30(13-9-12-20-10-7-6-8-11-20)27(32)21-14-24(35-3)19(2)25(15-21)36-4/h6-8,10-11,14-15,17,28H,5,9,12-13,16,18H2,1-4H3. The van der Waals surface area contributed by atoms with Crippen LogP contribution in [0.15, 0.2) is 47.8 Å². The van der Waals surface area contributed by atoms with Gasteiger partial charge in [0.1, 0.15) is 28.0 Å². The molecule has 0 saturated heterocycles. The van der Waals surface area contributed by atoms with Crippen LogP contribution in [0.2, 0.25) is 0 Å². The molecule has 11 heteroatoms. The molecule has 1 amide bonds. The molecule has 0 bridgehead atoms. The van der Waals surface area contributed by atoms with Gasteiger partial charge in [-0.05, 0) is 37.5 Å². The van der Waals surface area contributed by atoms with Gasteiger partial charge >= 0.3 is 0 Å². The third-order valence-corrected chi connectivity index (χ3v) is 8.08. The van der Waals surface area contributed by atoms with Gasteiger partial charge in [0, 0.05) is 29.6 Å². The summed E-state index contributed by atoms with van der Waals surface area (Å²) in [4.78, 5) is 32.2. The third-order valence-electron chi connectivity index (χ3n) is 5.87. The first-order chi connectivity index (χ1) is 18.2. The Bertz CT molecular complexity index is 1330. The fourth-order valence-corrected chi connectivity index (χ4v) is 5.80. The summed E-state index contributed by atoms with van der Waals surface area (Å²) in [5, 5.41) is 2.07. The number of amides is 1. The lowest BCUT2D eigenvalue weighted by atomic mass is 10.1. The summed E-state index contributed by atoms with van der Waals surface area (Å²) < 4.78 is 37.2. The molecule has 0 atom stereocenters. The van der Waals surface area contributed by atoms with E-state index in [1.54, 1.807) is 24.0 Å². The van der Waals surface area contributed by atoms with E-state index >= 15 is 0 Å². The number of aromatic nitrogens is 1. The highest BCUT2D eigenvalue weighted by molar-refractivity contribution is 7.90. The van der Waals surface area contributed by atoms with Crippen molar-refractivity contribution in [3.05, 3.63) is 75.2 Å². The predicted octanol–water partition coefficient (Wildman–Crippen LogP) is 3.87. The van der Waals surface area contributed by atoms with Gasteiger partial charge in [-0.25, -0.2) is 18.1 Å². The third kappa shape index (κ3) is 7.86. The lowest BCUT2D eigenvalue weighted by Gasteiger charge is -2.23. The SMILES string of the molecule is CCNS(=O)(=O)CC(=O)c1csc(CN(CCCc2ccccc2)C(=O)c2cc(OC)c(C)c(OC)c2)n1. The topological polar surface area (TPSA) is 115 Å². The lowest BCUT2D eigenvalue weighted by molar-refractivity contribution is 0.0740. The van der Waals surface area contributed by atoms with Crippen molar-refractivity contribution in [2.75, 3.05) is 33.1 Å². The molecule has 0 radical (unpaired) electrons. The number of sulfonamides is 1. The second-order valence-electron chi connectivity index (χ2n) is 8.63. The van der Waals surface area contributed by atoms with Crippen molar-refractivity contribution in [2.24, 2.45) is 0 Å². The van der Waals surface area contributed by atoms with Crippen LogP contribution in [0.25, 0.3) is 0 Å². The average Bonchev–Trinajstić information content (AvgIpc) is 3.37. The average molecular weight is 560 g/mol. The van der Waals surface area contributed by atoms with E-state index in [0.29, 0.717) is 35.0 Å². The van der Waals surface area contributed by atoms with Crippen LogP contribution in [-0.2, 0) is 23.0 Å². The largest absolute Gasteiger partial charge is 0.496 e. The van der Waals surface area contributed by atoms with Crippen LogP contribution in [-0.4, -0.2) is 63.1 Å². The molecule has 0 spiro atoms. The molecular formula is C27H33N3O6S2. The predicted molar refractivity (Wildman–Crippen MR) is 148 cm³/mol. The molecule has 2 aromatic carbocycles. The van der Waals surface area contributed by atoms with E-state index in [1.807, 2.05) is 37.3 Å². The Labute approximate surface area is 227 Å². The van der Waals surface area contributed by atoms with E-state index < -0.39 is 21.6 Å². The number of nitrogens with zero attached hydrogens (tertiary/aromatic N) is 2. The highest BCUT2D eigenvalue weighted by atomic mass is 32.2. The minimum atomic E-state index is -3.72. The van der Waals surface area contributed by atoms with Gasteiger partial charge in [0.15, 0.2) is 5.78 Å². The van der Waals surface area contributed by atoms with E-state index in [1.165, 1.54) is 36.5 Å². The van der Waals surface area contributed by atoms with Crippen molar-refractivity contribution >= 4 is 33.1 Å². The van der Waals surface area contributed by atoms with E-state index in [9.17, 15) is 18.0 Å². The molecule has 1 heterocycles. The first-order valence-corrected chi connectivity index (χ1v) is 14.7. The number of carbonyl (C=O) groups is 2. The first kappa shape index (κ1) is 29.3. The molecule has 204 valence electrons. The Morgan fingerprint density at radius 1 is 1.08 bits per heavy atom. The first-order valence-electron chi connectivity index (χ1n) is 12.2. The second kappa shape index (κ2) is 13.5. The lowest BCUT2D eigenvalue weighted by Crippen LogP contribution is -2.32. The molecular weight excluding hydrogens is 526 g/mol. The summed E-state index contributed by atoms with van der Waals surface area (Å²) in [6.45, 7) is 4.32. The zero-order valence-corrected chi connectivity index (χ0v) is 23.7. The Morgan fingerprint density at radius 2 is 1.74 bits per heavy atom. The number of aryl methyl sites for hydroxylation is 1. The van der Waals surface area contributed by atoms with Crippen molar-refractivity contribution in [1.29, 1.82) is 0 Å². The number of nitrogens with one attached hydrogen (secondary N) is 1. The minimum Gasteiger partial charge on any atom is -0.496 e. The highest BCUT2D eigenvalue weighted by Gasteiger charge is 2.23. The van der Waals surface area contributed by atoms with E-state index in [2.05, 4.69) is 9.71 Å². The van der Waals surface area contributed by atoms with Crippen molar-refractivity contribution < 1.29 is 27.5 Å². The number of hydrogen-bond acceptors (Lipinski definition) is 8. The van der Waals surface area contributed by atoms with Crippen molar-refractivity contribution in [1.82, 2.24) is 14.6 Å². The van der Waals surface area contributed by atoms with Crippen LogP contribution in [0.1, 0.15) is 50.3 Å². The fraction of sp³-hybridized carbons (Fsp3) is 0.370. The highest BCUT2D eigenvalue weighted by Crippen LogP contribution is 2.30. The number of ether oxygens (including phenoxy) is 2. The van der Waals surface area contributed by atoms with Crippen molar-refractivity contribution in [2.45, 2.75) is 33.2 Å². The number of ketones is 1. The van der Waals surface area contributed by atoms with Crippen molar-refractivity contribution in [3.63, 3.8) is 0 Å². The molecule has 1 N–H and O–H groups in total. The van der Waals surface area contributed by atoms with Crippen LogP contribution in [0.3, 0.4) is 0 Å². The molecule has 1 aromatic heterocycles. The monoisotopic (exact) mass is 559 g/mol. The summed E-state index contributed by atoms with van der Waals surface area (Å²) in [7, 11) is -0.641. The minimum absolute atomic E-state index is 0.0711. The number of hydrogen-bond donors (Lipinski definition) is 1. The Hall–Kier alpha value is -3.28. The van der Waals surface area contributed by atoms with Crippen molar-refractivity contribution in [3.8, 4) is 11.5 Å². The number of thiazole rings is 1. The van der Waals surface area contributed by atoms with Gasteiger partial charge in [-0.15, -0.1) is 11.3 Å². The molecule has 0 unspecified atom stereocenters. The molecule has 38 heavy (non-hydrogen) atoms. The maximum absolute atomic E-state index is 13.7. The molecule has 0 aliphatic heterocycles. The van der Waals surface area contributed by atoms with Crippen LogP contribution in [0, 0.1) is 6.92 Å². The molecule has 0 fully saturated rings. The van der Waals surface area contributed by atoms with Gasteiger partial charge in [0.05, 0.1) is 20.8 Å². The normalized spacial score (nSPS) is 11.3. The number of Topliss-reactive ketones (excluding diaryl/α,β-unsaturated/α-hetero) is 1. The summed E-state index contributed by atoms with van der Waals surface area (Å²) in [5.74, 6) is -0.412. The van der Waals surface area contributed by atoms with Gasteiger partial charge in [-0.3, -0.25) is 9.59 Å². The van der Waals surface area contributed by atoms with Crippen LogP contribution in [0.4, 0.5) is 0 Å². The van der Waals surface area contributed by atoms with E-state index in [0.717, 1.165) is 12.0 Å². The summed E-state index contributed by atoms with van der Waals surface area (Å²) in [6.07, 6.45) is 1.50. The zero-order valence-electron chi connectivity index (χ0n) is 22.0. The number of carbonyl (C=O) groups excluding carboxylic acids is 2. The van der Waals surface area contributed by atoms with Gasteiger partial charge in [0.2, 0.25) is 10.0 Å².